The maximum atomic E-state index is 13.3. The summed E-state index contributed by atoms with van der Waals surface area (Å²) in [6, 6.07) is 0. The fourth-order valence-corrected chi connectivity index (χ4v) is 2.44. The Bertz CT molecular complexity index is 380. The van der Waals surface area contributed by atoms with Crippen molar-refractivity contribution >= 4 is 0 Å². The van der Waals surface area contributed by atoms with Crippen LogP contribution in [0.25, 0.3) is 0 Å². The average molecular weight is 404 g/mol. The standard InChI is InChI=1S/C16H25F9O/c17-13(18,14(19,20)15(21,22)16(23,24)25)11-9-7-5-3-1-2-4-6-8-10-12-26/h26H,1-12H2. The van der Waals surface area contributed by atoms with E-state index in [1.165, 1.54) is 0 Å². The molecule has 10 heteroatoms. The molecule has 0 saturated carbocycles. The summed E-state index contributed by atoms with van der Waals surface area (Å²) >= 11 is 0. The van der Waals surface area contributed by atoms with Crippen LogP contribution in [0, 0.1) is 0 Å². The Morgan fingerprint density at radius 3 is 1.15 bits per heavy atom. The number of aliphatic hydroxyl groups is 1. The molecule has 26 heavy (non-hydrogen) atoms. The summed E-state index contributed by atoms with van der Waals surface area (Å²) in [6.07, 6.45) is -2.74. The van der Waals surface area contributed by atoms with Crippen LogP contribution in [0.5, 0.6) is 0 Å². The Morgan fingerprint density at radius 2 is 0.808 bits per heavy atom. The van der Waals surface area contributed by atoms with Crippen molar-refractivity contribution in [3.8, 4) is 0 Å². The zero-order valence-electron chi connectivity index (χ0n) is 14.3. The van der Waals surface area contributed by atoms with Gasteiger partial charge in [-0.2, -0.15) is 39.5 Å². The van der Waals surface area contributed by atoms with Crippen LogP contribution >= 0.6 is 0 Å². The molecule has 0 radical (unpaired) electrons. The molecule has 0 saturated heterocycles. The SMILES string of the molecule is OCCCCCCCCCCCCC(F)(F)C(F)(F)C(F)(F)C(F)(F)F. The molecule has 158 valence electrons. The highest BCUT2D eigenvalue weighted by Crippen LogP contribution is 2.54. The topological polar surface area (TPSA) is 20.2 Å². The molecule has 0 heterocycles. The van der Waals surface area contributed by atoms with E-state index in [0.29, 0.717) is 12.8 Å². The molecule has 0 unspecified atom stereocenters. The largest absolute Gasteiger partial charge is 0.460 e. The number of rotatable bonds is 14. The van der Waals surface area contributed by atoms with Gasteiger partial charge in [0.15, 0.2) is 0 Å². The fourth-order valence-electron chi connectivity index (χ4n) is 2.44. The van der Waals surface area contributed by atoms with E-state index in [1.54, 1.807) is 0 Å². The van der Waals surface area contributed by atoms with Crippen LogP contribution in [-0.4, -0.2) is 35.7 Å². The van der Waals surface area contributed by atoms with E-state index in [2.05, 4.69) is 0 Å². The first-order valence-electron chi connectivity index (χ1n) is 8.62. The highest BCUT2D eigenvalue weighted by molar-refractivity contribution is 5.00. The number of unbranched alkanes of at least 4 members (excludes halogenated alkanes) is 9. The van der Waals surface area contributed by atoms with E-state index in [0.717, 1.165) is 38.5 Å². The highest BCUT2D eigenvalue weighted by Gasteiger charge is 2.81. The van der Waals surface area contributed by atoms with Crippen LogP contribution in [0.4, 0.5) is 39.5 Å². The highest BCUT2D eigenvalue weighted by atomic mass is 19.4. The van der Waals surface area contributed by atoms with Gasteiger partial charge in [-0.15, -0.1) is 0 Å². The van der Waals surface area contributed by atoms with Gasteiger partial charge in [0.2, 0.25) is 0 Å². The van der Waals surface area contributed by atoms with E-state index in [9.17, 15) is 39.5 Å². The van der Waals surface area contributed by atoms with Gasteiger partial charge in [0, 0.05) is 13.0 Å². The Labute approximate surface area is 146 Å². The molecule has 0 aliphatic carbocycles. The third-order valence-corrected chi connectivity index (χ3v) is 4.11. The molecule has 0 aliphatic rings. The second kappa shape index (κ2) is 10.6. The number of hydrogen-bond acceptors (Lipinski definition) is 1. The zero-order chi connectivity index (χ0) is 20.5. The molecule has 0 rings (SSSR count). The van der Waals surface area contributed by atoms with Gasteiger partial charge in [-0.1, -0.05) is 51.4 Å². The Kier molecular flexibility index (Phi) is 10.3. The molecular formula is C16H25F9O. The van der Waals surface area contributed by atoms with Crippen molar-refractivity contribution in [3.63, 3.8) is 0 Å². The molecule has 1 N–H and O–H groups in total. The van der Waals surface area contributed by atoms with Crippen molar-refractivity contribution in [1.29, 1.82) is 0 Å². The molecule has 0 amide bonds. The van der Waals surface area contributed by atoms with Crippen LogP contribution in [0.1, 0.15) is 70.6 Å². The van der Waals surface area contributed by atoms with Gasteiger partial charge >= 0.3 is 23.9 Å². The van der Waals surface area contributed by atoms with Crippen LogP contribution in [0.15, 0.2) is 0 Å². The van der Waals surface area contributed by atoms with Crippen LogP contribution in [-0.2, 0) is 0 Å². The first kappa shape index (κ1) is 25.3. The average Bonchev–Trinajstić information content (AvgIpc) is 2.51. The summed E-state index contributed by atoms with van der Waals surface area (Å²) in [5.41, 5.74) is 0. The quantitative estimate of drug-likeness (QED) is 0.251. The summed E-state index contributed by atoms with van der Waals surface area (Å²) in [7, 11) is 0. The van der Waals surface area contributed by atoms with Gasteiger partial charge in [-0.3, -0.25) is 0 Å². The maximum absolute atomic E-state index is 13.3. The van der Waals surface area contributed by atoms with E-state index in [-0.39, 0.29) is 13.0 Å². The lowest BCUT2D eigenvalue weighted by Gasteiger charge is -2.33. The molecule has 0 spiro atoms. The second-order valence-electron chi connectivity index (χ2n) is 6.36. The molecule has 0 aromatic heterocycles. The fraction of sp³-hybridized carbons (Fsp3) is 1.00. The van der Waals surface area contributed by atoms with Crippen molar-refractivity contribution in [3.05, 3.63) is 0 Å². The Hall–Kier alpha value is -0.670. The summed E-state index contributed by atoms with van der Waals surface area (Å²) in [4.78, 5) is 0. The maximum Gasteiger partial charge on any atom is 0.460 e. The molecule has 0 aromatic carbocycles. The third-order valence-electron chi connectivity index (χ3n) is 4.11. The van der Waals surface area contributed by atoms with E-state index >= 15 is 0 Å². The van der Waals surface area contributed by atoms with Crippen LogP contribution in [0.3, 0.4) is 0 Å². The van der Waals surface area contributed by atoms with Crippen LogP contribution in [0.2, 0.25) is 0 Å². The first-order valence-corrected chi connectivity index (χ1v) is 8.62. The normalized spacial score (nSPS) is 14.1. The minimum absolute atomic E-state index is 0.0494. The Morgan fingerprint density at radius 1 is 0.462 bits per heavy atom. The molecule has 0 atom stereocenters. The van der Waals surface area contributed by atoms with Gasteiger partial charge in [0.05, 0.1) is 0 Å². The van der Waals surface area contributed by atoms with Crippen molar-refractivity contribution in [2.24, 2.45) is 0 Å². The van der Waals surface area contributed by atoms with Crippen molar-refractivity contribution < 1.29 is 44.6 Å². The van der Waals surface area contributed by atoms with Gasteiger partial charge in [-0.25, -0.2) is 0 Å². The molecule has 0 aliphatic heterocycles. The molecular weight excluding hydrogens is 379 g/mol. The zero-order valence-corrected chi connectivity index (χ0v) is 14.3. The second-order valence-corrected chi connectivity index (χ2v) is 6.36. The van der Waals surface area contributed by atoms with Gasteiger partial charge < -0.3 is 5.11 Å². The predicted molar refractivity (Wildman–Crippen MR) is 78.8 cm³/mol. The molecule has 0 fully saturated rings. The van der Waals surface area contributed by atoms with E-state index < -0.39 is 36.8 Å². The molecule has 0 aromatic rings. The van der Waals surface area contributed by atoms with Crippen LogP contribution < -0.4 is 0 Å². The van der Waals surface area contributed by atoms with Gasteiger partial charge in [-0.05, 0) is 12.8 Å². The number of halogens is 9. The number of hydrogen-bond donors (Lipinski definition) is 1. The summed E-state index contributed by atoms with van der Waals surface area (Å²) in [6.45, 7) is 0.137. The lowest BCUT2D eigenvalue weighted by atomic mass is 9.97. The first-order chi connectivity index (χ1) is 11.8. The van der Waals surface area contributed by atoms with E-state index in [4.69, 9.17) is 5.11 Å². The minimum atomic E-state index is -6.79. The number of aliphatic hydroxyl groups excluding tert-OH is 1. The lowest BCUT2D eigenvalue weighted by Crippen LogP contribution is -2.60. The minimum Gasteiger partial charge on any atom is -0.396 e. The smallest absolute Gasteiger partial charge is 0.396 e. The number of alkyl halides is 9. The summed E-state index contributed by atoms with van der Waals surface area (Å²) in [5.74, 6) is -18.7. The predicted octanol–water partition coefficient (Wildman–Crippen LogP) is 6.74. The van der Waals surface area contributed by atoms with Crippen molar-refractivity contribution in [1.82, 2.24) is 0 Å². The van der Waals surface area contributed by atoms with Crippen molar-refractivity contribution in [2.45, 2.75) is 94.6 Å². The van der Waals surface area contributed by atoms with Crippen molar-refractivity contribution in [2.75, 3.05) is 6.61 Å². The molecule has 0 bridgehead atoms. The van der Waals surface area contributed by atoms with E-state index in [1.807, 2.05) is 0 Å². The summed E-state index contributed by atoms with van der Waals surface area (Å²) in [5, 5.41) is 8.58. The molecule has 1 nitrogen and oxygen atoms in total. The monoisotopic (exact) mass is 404 g/mol. The van der Waals surface area contributed by atoms with Gasteiger partial charge in [0.25, 0.3) is 0 Å². The van der Waals surface area contributed by atoms with Gasteiger partial charge in [0.1, 0.15) is 0 Å². The summed E-state index contributed by atoms with van der Waals surface area (Å²) < 4.78 is 114. The Balaban J connectivity index is 4.11. The lowest BCUT2D eigenvalue weighted by molar-refractivity contribution is -0.396. The third kappa shape index (κ3) is 7.15.